The Morgan fingerprint density at radius 1 is 0.966 bits per heavy atom. The average molecular weight is 417 g/mol. The van der Waals surface area contributed by atoms with Crippen LogP contribution < -0.4 is 10.5 Å². The van der Waals surface area contributed by atoms with E-state index in [0.717, 1.165) is 22.3 Å². The number of carbonyl (C=O) groups is 1. The summed E-state index contributed by atoms with van der Waals surface area (Å²) in [6.07, 6.45) is 2.66. The highest BCUT2D eigenvalue weighted by Crippen LogP contribution is 2.24. The van der Waals surface area contributed by atoms with Crippen LogP contribution in [0.15, 0.2) is 60.8 Å². The molecular weight excluding hydrogens is 398 g/mol. The van der Waals surface area contributed by atoms with Crippen molar-refractivity contribution in [3.8, 4) is 5.88 Å². The van der Waals surface area contributed by atoms with E-state index in [1.54, 1.807) is 12.1 Å². The molecule has 7 heteroatoms. The van der Waals surface area contributed by atoms with E-state index in [0.29, 0.717) is 23.4 Å². The largest absolute Gasteiger partial charge is 0.417 e. The third-order valence-corrected chi connectivity index (χ3v) is 4.55. The highest BCUT2D eigenvalue weighted by molar-refractivity contribution is 6.30. The van der Waals surface area contributed by atoms with E-state index < -0.39 is 6.61 Å². The zero-order valence-corrected chi connectivity index (χ0v) is 16.2. The number of aromatic nitrogens is 1. The third kappa shape index (κ3) is 6.26. The fraction of sp³-hybridized carbons (Fsp3) is 0.182. The van der Waals surface area contributed by atoms with Crippen molar-refractivity contribution in [2.75, 3.05) is 0 Å². The van der Waals surface area contributed by atoms with E-state index in [4.69, 9.17) is 17.3 Å². The third-order valence-electron chi connectivity index (χ3n) is 4.30. The molecule has 0 unspecified atom stereocenters. The second-order valence-electron chi connectivity index (χ2n) is 6.63. The minimum absolute atomic E-state index is 0.0875. The number of alkyl halides is 2. The molecule has 2 N–H and O–H groups in total. The summed E-state index contributed by atoms with van der Waals surface area (Å²) < 4.78 is 30.1. The van der Waals surface area contributed by atoms with Crippen LogP contribution in [-0.2, 0) is 24.1 Å². The normalized spacial score (nSPS) is 10.9. The minimum Gasteiger partial charge on any atom is -0.417 e. The lowest BCUT2D eigenvalue weighted by atomic mass is 10.00. The SMILES string of the molecule is NC(=O)Cc1ccc(Cc2cnc(OC(F)F)c(Cc3ccc(Cl)cc3)c2)cc1. The van der Waals surface area contributed by atoms with Crippen molar-refractivity contribution in [1.82, 2.24) is 4.98 Å². The summed E-state index contributed by atoms with van der Waals surface area (Å²) in [6, 6.07) is 16.5. The predicted octanol–water partition coefficient (Wildman–Crippen LogP) is 4.55. The summed E-state index contributed by atoms with van der Waals surface area (Å²) in [7, 11) is 0. The number of pyridine rings is 1. The fourth-order valence-electron chi connectivity index (χ4n) is 3.00. The molecule has 2 aromatic carbocycles. The number of primary amides is 1. The van der Waals surface area contributed by atoms with Gasteiger partial charge in [-0.3, -0.25) is 4.79 Å². The molecule has 4 nitrogen and oxygen atoms in total. The summed E-state index contributed by atoms with van der Waals surface area (Å²) in [5.41, 5.74) is 9.37. The maximum absolute atomic E-state index is 12.8. The first-order chi connectivity index (χ1) is 13.9. The van der Waals surface area contributed by atoms with E-state index in [9.17, 15) is 13.6 Å². The first kappa shape index (κ1) is 20.7. The van der Waals surface area contributed by atoms with Crippen LogP contribution in [0.5, 0.6) is 5.88 Å². The Hall–Kier alpha value is -2.99. The highest BCUT2D eigenvalue weighted by Gasteiger charge is 2.13. The molecule has 0 atom stereocenters. The van der Waals surface area contributed by atoms with Crippen molar-refractivity contribution in [1.29, 1.82) is 0 Å². The maximum Gasteiger partial charge on any atom is 0.388 e. The predicted molar refractivity (Wildman–Crippen MR) is 107 cm³/mol. The van der Waals surface area contributed by atoms with Gasteiger partial charge < -0.3 is 10.5 Å². The number of halogens is 3. The van der Waals surface area contributed by atoms with Crippen molar-refractivity contribution in [3.63, 3.8) is 0 Å². The molecule has 29 heavy (non-hydrogen) atoms. The molecule has 3 aromatic rings. The Kier molecular flexibility index (Phi) is 6.77. The molecule has 0 aliphatic heterocycles. The van der Waals surface area contributed by atoms with E-state index in [1.807, 2.05) is 42.5 Å². The Balaban J connectivity index is 1.81. The molecule has 0 radical (unpaired) electrons. The quantitative estimate of drug-likeness (QED) is 0.586. The highest BCUT2D eigenvalue weighted by atomic mass is 35.5. The van der Waals surface area contributed by atoms with Crippen molar-refractivity contribution in [3.05, 3.63) is 93.6 Å². The average Bonchev–Trinajstić information content (AvgIpc) is 2.66. The standard InChI is InChI=1S/C22H19ClF2N2O2/c23-19-7-5-15(6-8-19)10-18-11-17(13-27-21(18)29-22(24)25)9-14-1-3-16(4-2-14)12-20(26)28/h1-8,11,13,22H,9-10,12H2,(H2,26,28). The van der Waals surface area contributed by atoms with Crippen LogP contribution in [0.4, 0.5) is 8.78 Å². The lowest BCUT2D eigenvalue weighted by Gasteiger charge is -2.12. The Morgan fingerprint density at radius 2 is 1.55 bits per heavy atom. The van der Waals surface area contributed by atoms with E-state index in [1.165, 1.54) is 6.20 Å². The number of ether oxygens (including phenoxy) is 1. The van der Waals surface area contributed by atoms with Crippen molar-refractivity contribution in [2.24, 2.45) is 5.73 Å². The summed E-state index contributed by atoms with van der Waals surface area (Å²) in [6.45, 7) is -2.95. The molecule has 0 bridgehead atoms. The van der Waals surface area contributed by atoms with E-state index in [-0.39, 0.29) is 18.2 Å². The molecule has 0 fully saturated rings. The van der Waals surface area contributed by atoms with Crippen molar-refractivity contribution >= 4 is 17.5 Å². The first-order valence-corrected chi connectivity index (χ1v) is 9.30. The van der Waals surface area contributed by atoms with Crippen LogP contribution in [0, 0.1) is 0 Å². The molecule has 3 rings (SSSR count). The summed E-state index contributed by atoms with van der Waals surface area (Å²) in [5, 5.41) is 0.601. The van der Waals surface area contributed by atoms with Gasteiger partial charge in [0.1, 0.15) is 0 Å². The van der Waals surface area contributed by atoms with E-state index in [2.05, 4.69) is 9.72 Å². The maximum atomic E-state index is 12.8. The summed E-state index contributed by atoms with van der Waals surface area (Å²) in [5.74, 6) is -0.473. The summed E-state index contributed by atoms with van der Waals surface area (Å²) in [4.78, 5) is 15.1. The van der Waals surface area contributed by atoms with Crippen LogP contribution in [0.25, 0.3) is 0 Å². The van der Waals surface area contributed by atoms with Gasteiger partial charge in [-0.2, -0.15) is 8.78 Å². The second-order valence-corrected chi connectivity index (χ2v) is 7.06. The van der Waals surface area contributed by atoms with Gasteiger partial charge in [-0.15, -0.1) is 0 Å². The van der Waals surface area contributed by atoms with Gasteiger partial charge in [0.25, 0.3) is 0 Å². The summed E-state index contributed by atoms with van der Waals surface area (Å²) >= 11 is 5.91. The minimum atomic E-state index is -2.95. The van der Waals surface area contributed by atoms with Gasteiger partial charge in [0, 0.05) is 23.2 Å². The van der Waals surface area contributed by atoms with Gasteiger partial charge in [-0.05, 0) is 46.9 Å². The number of benzene rings is 2. The van der Waals surface area contributed by atoms with Crippen LogP contribution in [-0.4, -0.2) is 17.5 Å². The van der Waals surface area contributed by atoms with Gasteiger partial charge in [0.2, 0.25) is 11.8 Å². The van der Waals surface area contributed by atoms with Crippen LogP contribution >= 0.6 is 11.6 Å². The molecular formula is C22H19ClF2N2O2. The molecule has 0 saturated heterocycles. The molecule has 0 spiro atoms. The number of amides is 1. The van der Waals surface area contributed by atoms with Crippen LogP contribution in [0.1, 0.15) is 27.8 Å². The van der Waals surface area contributed by atoms with Gasteiger partial charge >= 0.3 is 6.61 Å². The van der Waals surface area contributed by atoms with Gasteiger partial charge in [0.15, 0.2) is 0 Å². The zero-order valence-electron chi connectivity index (χ0n) is 15.4. The van der Waals surface area contributed by atoms with Crippen molar-refractivity contribution < 1.29 is 18.3 Å². The number of hydrogen-bond donors (Lipinski definition) is 1. The monoisotopic (exact) mass is 416 g/mol. The molecule has 150 valence electrons. The molecule has 0 saturated carbocycles. The van der Waals surface area contributed by atoms with Crippen LogP contribution in [0.3, 0.4) is 0 Å². The lowest BCUT2D eigenvalue weighted by molar-refractivity contribution is -0.117. The molecule has 1 amide bonds. The van der Waals surface area contributed by atoms with Gasteiger partial charge in [-0.25, -0.2) is 4.98 Å². The second kappa shape index (κ2) is 9.47. The zero-order chi connectivity index (χ0) is 20.8. The smallest absolute Gasteiger partial charge is 0.388 e. The van der Waals surface area contributed by atoms with E-state index >= 15 is 0 Å². The number of nitrogens with two attached hydrogens (primary N) is 1. The number of nitrogens with zero attached hydrogens (tertiary/aromatic N) is 1. The fourth-order valence-corrected chi connectivity index (χ4v) is 3.12. The molecule has 0 aliphatic carbocycles. The Labute approximate surface area is 172 Å². The number of carbonyl (C=O) groups excluding carboxylic acids is 1. The Morgan fingerprint density at radius 3 is 2.17 bits per heavy atom. The number of hydrogen-bond acceptors (Lipinski definition) is 3. The lowest BCUT2D eigenvalue weighted by Crippen LogP contribution is -2.13. The van der Waals surface area contributed by atoms with Gasteiger partial charge in [0.05, 0.1) is 6.42 Å². The molecule has 1 heterocycles. The van der Waals surface area contributed by atoms with Gasteiger partial charge in [-0.1, -0.05) is 48.0 Å². The molecule has 1 aromatic heterocycles. The van der Waals surface area contributed by atoms with Crippen molar-refractivity contribution in [2.45, 2.75) is 25.9 Å². The number of rotatable bonds is 8. The van der Waals surface area contributed by atoms with Crippen LogP contribution in [0.2, 0.25) is 5.02 Å². The Bertz CT molecular complexity index is 977. The molecule has 0 aliphatic rings. The topological polar surface area (TPSA) is 65.2 Å². The first-order valence-electron chi connectivity index (χ1n) is 8.92.